The Morgan fingerprint density at radius 1 is 0.235 bits per heavy atom. The summed E-state index contributed by atoms with van der Waals surface area (Å²) in [4.78, 5) is 73.6. The van der Waals surface area contributed by atoms with Crippen molar-refractivity contribution >= 4 is 39.5 Å². The molecule has 684 valence electrons. The molecule has 0 amide bonds. The number of esters is 4. The number of unbranched alkanes of at least 4 members (excludes halogenated alkanes) is 68. The molecule has 0 saturated heterocycles. The summed E-state index contributed by atoms with van der Waals surface area (Å²) in [6.45, 7) is 7.38. The molecule has 5 atom stereocenters. The Kier molecular flexibility index (Phi) is 86.9. The minimum Gasteiger partial charge on any atom is -0.462 e. The van der Waals surface area contributed by atoms with Gasteiger partial charge in [0.2, 0.25) is 0 Å². The maximum Gasteiger partial charge on any atom is 0.472 e. The van der Waals surface area contributed by atoms with Gasteiger partial charge < -0.3 is 33.8 Å². The van der Waals surface area contributed by atoms with Gasteiger partial charge in [-0.3, -0.25) is 37.3 Å². The smallest absolute Gasteiger partial charge is 0.462 e. The predicted molar refractivity (Wildman–Crippen MR) is 479 cm³/mol. The molecule has 0 aliphatic carbocycles. The third-order valence-electron chi connectivity index (χ3n) is 22.8. The van der Waals surface area contributed by atoms with Gasteiger partial charge in [0.05, 0.1) is 26.4 Å². The molecule has 0 aromatic heterocycles. The second kappa shape index (κ2) is 88.4. The van der Waals surface area contributed by atoms with Crippen molar-refractivity contribution in [3.63, 3.8) is 0 Å². The quantitative estimate of drug-likeness (QED) is 0.0222. The van der Waals surface area contributed by atoms with Crippen molar-refractivity contribution in [2.75, 3.05) is 39.6 Å². The monoisotopic (exact) mass is 1680 g/mol. The van der Waals surface area contributed by atoms with Crippen LogP contribution in [-0.4, -0.2) is 96.7 Å². The Morgan fingerprint density at radius 3 is 0.591 bits per heavy atom. The first-order chi connectivity index (χ1) is 56.0. The van der Waals surface area contributed by atoms with E-state index in [4.69, 9.17) is 37.0 Å². The van der Waals surface area contributed by atoms with Gasteiger partial charge in [0.25, 0.3) is 0 Å². The van der Waals surface area contributed by atoms with E-state index in [2.05, 4.69) is 34.6 Å². The summed E-state index contributed by atoms with van der Waals surface area (Å²) in [6, 6.07) is 0. The van der Waals surface area contributed by atoms with Gasteiger partial charge in [0.15, 0.2) is 12.2 Å². The molecule has 0 fully saturated rings. The Labute approximate surface area is 708 Å². The van der Waals surface area contributed by atoms with E-state index in [1.807, 2.05) is 0 Å². The van der Waals surface area contributed by atoms with Crippen LogP contribution in [0.4, 0.5) is 0 Å². The van der Waals surface area contributed by atoms with Crippen LogP contribution in [0.1, 0.15) is 529 Å². The number of hydrogen-bond acceptors (Lipinski definition) is 15. The summed E-state index contributed by atoms with van der Waals surface area (Å²) >= 11 is 0. The van der Waals surface area contributed by atoms with E-state index in [0.717, 1.165) is 95.8 Å². The van der Waals surface area contributed by atoms with Crippen molar-refractivity contribution in [2.45, 2.75) is 547 Å². The minimum atomic E-state index is -4.97. The van der Waals surface area contributed by atoms with E-state index in [1.54, 1.807) is 0 Å². The highest BCUT2D eigenvalue weighted by molar-refractivity contribution is 7.47. The van der Waals surface area contributed by atoms with Gasteiger partial charge in [-0.15, -0.1) is 0 Å². The molecule has 3 N–H and O–H groups in total. The largest absolute Gasteiger partial charge is 0.472 e. The highest BCUT2D eigenvalue weighted by Crippen LogP contribution is 2.45. The molecule has 17 nitrogen and oxygen atoms in total. The first kappa shape index (κ1) is 113. The lowest BCUT2D eigenvalue weighted by Crippen LogP contribution is -2.30. The average molecular weight is 1680 g/mol. The van der Waals surface area contributed by atoms with Crippen molar-refractivity contribution in [3.05, 3.63) is 0 Å². The normalized spacial score (nSPS) is 13.6. The molecule has 0 aromatic carbocycles. The topological polar surface area (TPSA) is 237 Å². The number of phosphoric acid groups is 2. The Balaban J connectivity index is 5.21. The van der Waals surface area contributed by atoms with Crippen LogP contribution >= 0.6 is 15.6 Å². The van der Waals surface area contributed by atoms with Gasteiger partial charge in [-0.05, 0) is 31.6 Å². The second-order valence-electron chi connectivity index (χ2n) is 34.9. The molecule has 0 bridgehead atoms. The summed E-state index contributed by atoms with van der Waals surface area (Å²) in [5.41, 5.74) is 0. The van der Waals surface area contributed by atoms with E-state index < -0.39 is 97.5 Å². The van der Waals surface area contributed by atoms with E-state index >= 15 is 0 Å². The fourth-order valence-electron chi connectivity index (χ4n) is 15.2. The molecular weight excluding hydrogens is 1490 g/mol. The summed E-state index contributed by atoms with van der Waals surface area (Å²) < 4.78 is 69.2. The van der Waals surface area contributed by atoms with Crippen LogP contribution in [0.25, 0.3) is 0 Å². The number of phosphoric ester groups is 2. The van der Waals surface area contributed by atoms with Crippen molar-refractivity contribution in [3.8, 4) is 0 Å². The summed E-state index contributed by atoms with van der Waals surface area (Å²) in [6.07, 6.45) is 86.6. The highest BCUT2D eigenvalue weighted by Gasteiger charge is 2.31. The molecule has 19 heteroatoms. The standard InChI is InChI=1S/C96H188O17P2/c1-6-9-12-15-18-21-24-27-30-33-36-39-41-44-46-49-52-55-58-64-69-74-79-93(98)106-85-91(112-95(100)81-76-72-67-60-57-54-51-48-45-42-40-37-34-31-28-25-22-19-16-13-10-7-2)87-110-114(102,103)108-83-90(97)84-109-115(104,105)111-88-92(86-107-94(99)80-75-70-65-62-61-63-68-73-78-89(4)5)113-96(101)82-77-71-66-59-56-53-50-47-43-38-35-32-29-26-23-20-17-14-11-8-3/h89-92,97H,6-88H2,1-5H3,(H,102,103)(H,104,105)/t90-,91-,92-/m1/s1. The zero-order valence-corrected chi connectivity index (χ0v) is 77.7. The molecule has 115 heavy (non-hydrogen) atoms. The number of carbonyl (C=O) groups is 4. The fraction of sp³-hybridized carbons (Fsp3) is 0.958. The lowest BCUT2D eigenvalue weighted by molar-refractivity contribution is -0.161. The van der Waals surface area contributed by atoms with Gasteiger partial charge in [0, 0.05) is 25.7 Å². The van der Waals surface area contributed by atoms with Crippen molar-refractivity contribution < 1.29 is 80.2 Å². The maximum absolute atomic E-state index is 13.2. The SMILES string of the molecule is CCCCCCCCCCCCCCCCCCCCCCCCC(=O)OC[C@H](COP(=O)(O)OC[C@@H](O)COP(=O)(O)OC[C@@H](COC(=O)CCCCCCCCCCC(C)C)OC(=O)CCCCCCCCCCCCCCCCCCCCCC)OC(=O)CCCCCCCCCCCCCCCCCCCCCCCC. The van der Waals surface area contributed by atoms with E-state index in [9.17, 15) is 43.2 Å². The Morgan fingerprint density at radius 2 is 0.400 bits per heavy atom. The van der Waals surface area contributed by atoms with Gasteiger partial charge in [-0.1, -0.05) is 478 Å². The van der Waals surface area contributed by atoms with Gasteiger partial charge in [-0.2, -0.15) is 0 Å². The fourth-order valence-corrected chi connectivity index (χ4v) is 16.8. The van der Waals surface area contributed by atoms with Crippen molar-refractivity contribution in [1.29, 1.82) is 0 Å². The first-order valence-electron chi connectivity index (χ1n) is 49.6. The number of ether oxygens (including phenoxy) is 4. The third kappa shape index (κ3) is 89.6. The second-order valence-corrected chi connectivity index (χ2v) is 37.8. The predicted octanol–water partition coefficient (Wildman–Crippen LogP) is 30.3. The molecule has 0 spiro atoms. The van der Waals surface area contributed by atoms with E-state index in [-0.39, 0.29) is 25.7 Å². The lowest BCUT2D eigenvalue weighted by Gasteiger charge is -2.21. The van der Waals surface area contributed by atoms with Crippen LogP contribution in [-0.2, 0) is 65.4 Å². The van der Waals surface area contributed by atoms with Crippen LogP contribution in [0.15, 0.2) is 0 Å². The van der Waals surface area contributed by atoms with Gasteiger partial charge in [0.1, 0.15) is 19.3 Å². The zero-order chi connectivity index (χ0) is 84.0. The molecule has 0 saturated carbocycles. The molecule has 0 aliphatic heterocycles. The maximum atomic E-state index is 13.2. The van der Waals surface area contributed by atoms with Gasteiger partial charge in [-0.25, -0.2) is 9.13 Å². The molecule has 0 aliphatic rings. The third-order valence-corrected chi connectivity index (χ3v) is 24.7. The summed E-state index contributed by atoms with van der Waals surface area (Å²) in [5.74, 6) is -1.36. The number of aliphatic hydroxyl groups is 1. The molecule has 2 unspecified atom stereocenters. The summed E-state index contributed by atoms with van der Waals surface area (Å²) in [7, 11) is -9.94. The minimum absolute atomic E-state index is 0.109. The number of aliphatic hydroxyl groups excluding tert-OH is 1. The Bertz CT molecular complexity index is 2170. The highest BCUT2D eigenvalue weighted by atomic mass is 31.2. The lowest BCUT2D eigenvalue weighted by atomic mass is 10.0. The van der Waals surface area contributed by atoms with Crippen molar-refractivity contribution in [1.82, 2.24) is 0 Å². The Hall–Kier alpha value is -1.94. The molecular formula is C96H188O17P2. The van der Waals surface area contributed by atoms with Crippen LogP contribution in [0.3, 0.4) is 0 Å². The van der Waals surface area contributed by atoms with Crippen LogP contribution in [0.5, 0.6) is 0 Å². The average Bonchev–Trinajstić information content (AvgIpc) is 0.879. The van der Waals surface area contributed by atoms with E-state index in [1.165, 1.54) is 353 Å². The molecule has 0 rings (SSSR count). The van der Waals surface area contributed by atoms with Crippen LogP contribution in [0.2, 0.25) is 0 Å². The van der Waals surface area contributed by atoms with Crippen LogP contribution < -0.4 is 0 Å². The number of carbonyl (C=O) groups excluding carboxylic acids is 4. The van der Waals surface area contributed by atoms with Crippen LogP contribution in [0, 0.1) is 5.92 Å². The number of hydrogen-bond donors (Lipinski definition) is 3. The molecule has 0 radical (unpaired) electrons. The summed E-state index contributed by atoms with van der Waals surface area (Å²) in [5, 5.41) is 10.7. The zero-order valence-electron chi connectivity index (χ0n) is 76.0. The molecule has 0 heterocycles. The molecule has 0 aromatic rings. The van der Waals surface area contributed by atoms with Crippen molar-refractivity contribution in [2.24, 2.45) is 5.92 Å². The number of rotatable bonds is 96. The van der Waals surface area contributed by atoms with Gasteiger partial charge >= 0.3 is 39.5 Å². The first-order valence-corrected chi connectivity index (χ1v) is 52.6. The van der Waals surface area contributed by atoms with E-state index in [0.29, 0.717) is 25.7 Å².